The molecule has 1 aromatic heterocycles. The Balaban J connectivity index is 1.75. The second kappa shape index (κ2) is 9.35. The molecule has 32 heavy (non-hydrogen) atoms. The largest absolute Gasteiger partial charge is 0.404 e. The summed E-state index contributed by atoms with van der Waals surface area (Å²) in [4.78, 5) is 22.3. The van der Waals surface area contributed by atoms with Crippen molar-refractivity contribution < 1.29 is 4.79 Å². The summed E-state index contributed by atoms with van der Waals surface area (Å²) in [5.41, 5.74) is 11.1. The van der Waals surface area contributed by atoms with Crippen molar-refractivity contribution in [2.24, 2.45) is 10.7 Å². The van der Waals surface area contributed by atoms with Gasteiger partial charge in [-0.3, -0.25) is 14.8 Å². The van der Waals surface area contributed by atoms with E-state index in [-0.39, 0.29) is 5.91 Å². The SMILES string of the molecule is CCCN=C/C(=C\N)c1cc(C2(NC(=O)c3ccccc3CC)CC2)c2cccnc2c1. The van der Waals surface area contributed by atoms with Gasteiger partial charge in [-0.25, -0.2) is 0 Å². The number of aliphatic imine (C=N–C) groups is 1. The monoisotopic (exact) mass is 426 g/mol. The Morgan fingerprint density at radius 3 is 2.72 bits per heavy atom. The third-order valence-electron chi connectivity index (χ3n) is 6.08. The number of allylic oxidation sites excluding steroid dienone is 1. The van der Waals surface area contributed by atoms with Gasteiger partial charge in [-0.1, -0.05) is 38.1 Å². The van der Waals surface area contributed by atoms with E-state index < -0.39 is 5.54 Å². The molecule has 4 rings (SSSR count). The molecule has 5 heteroatoms. The van der Waals surface area contributed by atoms with Crippen LogP contribution in [0.15, 0.2) is 65.9 Å². The van der Waals surface area contributed by atoms with Crippen molar-refractivity contribution in [1.29, 1.82) is 0 Å². The van der Waals surface area contributed by atoms with Crippen molar-refractivity contribution in [2.75, 3.05) is 6.54 Å². The van der Waals surface area contributed by atoms with Gasteiger partial charge >= 0.3 is 0 Å². The van der Waals surface area contributed by atoms with E-state index in [1.54, 1.807) is 12.4 Å². The molecule has 0 saturated heterocycles. The highest BCUT2D eigenvalue weighted by Gasteiger charge is 2.47. The minimum atomic E-state index is -0.393. The standard InChI is InChI=1S/C27H30N4O/c1-3-13-29-18-21(17-28)20-15-24(23-10-7-14-30-25(23)16-20)27(11-12-27)31-26(32)22-9-6-5-8-19(22)4-2/h5-10,14-18H,3-4,11-13,28H2,1-2H3,(H,31,32)/b21-17+,29-18?. The van der Waals surface area contributed by atoms with Crippen LogP contribution in [0.25, 0.3) is 16.5 Å². The molecular weight excluding hydrogens is 396 g/mol. The van der Waals surface area contributed by atoms with Crippen LogP contribution in [-0.4, -0.2) is 23.7 Å². The Kier molecular flexibility index (Phi) is 6.35. The second-order valence-corrected chi connectivity index (χ2v) is 8.30. The molecular formula is C27H30N4O. The van der Waals surface area contributed by atoms with E-state index >= 15 is 0 Å². The molecule has 0 unspecified atom stereocenters. The number of rotatable bonds is 8. The van der Waals surface area contributed by atoms with Crippen molar-refractivity contribution in [3.8, 4) is 0 Å². The van der Waals surface area contributed by atoms with Crippen LogP contribution in [0, 0.1) is 0 Å². The highest BCUT2D eigenvalue weighted by molar-refractivity contribution is 6.11. The lowest BCUT2D eigenvalue weighted by Gasteiger charge is -2.22. The summed E-state index contributed by atoms with van der Waals surface area (Å²) in [5, 5.41) is 4.41. The van der Waals surface area contributed by atoms with Gasteiger partial charge in [-0.2, -0.15) is 0 Å². The van der Waals surface area contributed by atoms with Crippen LogP contribution in [0.3, 0.4) is 0 Å². The third kappa shape index (κ3) is 4.28. The van der Waals surface area contributed by atoms with Crippen molar-refractivity contribution in [2.45, 2.75) is 45.1 Å². The summed E-state index contributed by atoms with van der Waals surface area (Å²) in [6.07, 6.45) is 8.80. The molecule has 0 atom stereocenters. The minimum Gasteiger partial charge on any atom is -0.404 e. The zero-order chi connectivity index (χ0) is 22.6. The zero-order valence-electron chi connectivity index (χ0n) is 18.8. The van der Waals surface area contributed by atoms with Crippen LogP contribution in [0.5, 0.6) is 0 Å². The Morgan fingerprint density at radius 2 is 2.00 bits per heavy atom. The average Bonchev–Trinajstić information content (AvgIpc) is 3.61. The maximum Gasteiger partial charge on any atom is 0.252 e. The fraction of sp³-hybridized carbons (Fsp3) is 0.296. The molecule has 3 N–H and O–H groups in total. The van der Waals surface area contributed by atoms with Gasteiger partial charge in [0, 0.05) is 41.7 Å². The molecule has 5 nitrogen and oxygen atoms in total. The first-order valence-corrected chi connectivity index (χ1v) is 11.3. The summed E-state index contributed by atoms with van der Waals surface area (Å²) in [5.74, 6) is -0.0264. The summed E-state index contributed by atoms with van der Waals surface area (Å²) < 4.78 is 0. The maximum atomic E-state index is 13.3. The van der Waals surface area contributed by atoms with Crippen LogP contribution in [-0.2, 0) is 12.0 Å². The van der Waals surface area contributed by atoms with E-state index in [2.05, 4.69) is 41.3 Å². The van der Waals surface area contributed by atoms with Crippen LogP contribution in [0.1, 0.15) is 60.2 Å². The highest BCUT2D eigenvalue weighted by atomic mass is 16.1. The summed E-state index contributed by atoms with van der Waals surface area (Å²) in [6.45, 7) is 4.92. The van der Waals surface area contributed by atoms with Gasteiger partial charge in [0.05, 0.1) is 11.1 Å². The first-order valence-electron chi connectivity index (χ1n) is 11.3. The van der Waals surface area contributed by atoms with Crippen molar-refractivity contribution in [3.05, 3.63) is 83.2 Å². The van der Waals surface area contributed by atoms with Crippen LogP contribution in [0.4, 0.5) is 0 Å². The van der Waals surface area contributed by atoms with E-state index in [9.17, 15) is 4.79 Å². The number of nitrogens with two attached hydrogens (primary N) is 1. The van der Waals surface area contributed by atoms with Gasteiger partial charge in [-0.05, 0) is 66.6 Å². The van der Waals surface area contributed by atoms with Gasteiger partial charge in [0.1, 0.15) is 0 Å². The molecule has 1 amide bonds. The Labute approximate surface area is 189 Å². The number of amides is 1. The molecule has 1 aliphatic rings. The van der Waals surface area contributed by atoms with E-state index in [4.69, 9.17) is 5.73 Å². The van der Waals surface area contributed by atoms with Gasteiger partial charge in [0.25, 0.3) is 5.91 Å². The molecule has 2 aromatic carbocycles. The predicted molar refractivity (Wildman–Crippen MR) is 132 cm³/mol. The number of fused-ring (bicyclic) bond motifs is 1. The maximum absolute atomic E-state index is 13.3. The number of benzene rings is 2. The first-order chi connectivity index (χ1) is 15.6. The number of carbonyl (C=O) groups is 1. The van der Waals surface area contributed by atoms with Crippen molar-refractivity contribution in [1.82, 2.24) is 10.3 Å². The van der Waals surface area contributed by atoms with Crippen molar-refractivity contribution >= 4 is 28.6 Å². The molecule has 0 radical (unpaired) electrons. The predicted octanol–water partition coefficient (Wildman–Crippen LogP) is 5.00. The van der Waals surface area contributed by atoms with Gasteiger partial charge in [0.15, 0.2) is 0 Å². The van der Waals surface area contributed by atoms with E-state index in [0.717, 1.165) is 71.0 Å². The number of carbonyl (C=O) groups excluding carboxylic acids is 1. The van der Waals surface area contributed by atoms with Crippen molar-refractivity contribution in [3.63, 3.8) is 0 Å². The Hall–Kier alpha value is -3.47. The van der Waals surface area contributed by atoms with Crippen LogP contribution >= 0.6 is 0 Å². The van der Waals surface area contributed by atoms with Crippen LogP contribution < -0.4 is 11.1 Å². The quantitative estimate of drug-likeness (QED) is 0.498. The number of aryl methyl sites for hydroxylation is 1. The average molecular weight is 427 g/mol. The highest BCUT2D eigenvalue weighted by Crippen LogP contribution is 2.48. The first kappa shape index (κ1) is 21.8. The summed E-state index contributed by atoms with van der Waals surface area (Å²) in [6, 6.07) is 16.0. The van der Waals surface area contributed by atoms with Crippen LogP contribution in [0.2, 0.25) is 0 Å². The molecule has 0 bridgehead atoms. The normalized spacial score (nSPS) is 15.2. The molecule has 1 heterocycles. The van der Waals surface area contributed by atoms with E-state index in [0.29, 0.717) is 0 Å². The number of nitrogens with one attached hydrogen (secondary N) is 1. The molecule has 1 aliphatic carbocycles. The molecule has 1 saturated carbocycles. The smallest absolute Gasteiger partial charge is 0.252 e. The number of pyridine rings is 1. The lowest BCUT2D eigenvalue weighted by Crippen LogP contribution is -2.35. The number of hydrogen-bond acceptors (Lipinski definition) is 4. The Morgan fingerprint density at radius 1 is 1.19 bits per heavy atom. The molecule has 0 aliphatic heterocycles. The Bertz CT molecular complexity index is 1190. The topological polar surface area (TPSA) is 80.4 Å². The number of nitrogens with zero attached hydrogens (tertiary/aromatic N) is 2. The van der Waals surface area contributed by atoms with E-state index in [1.165, 1.54) is 0 Å². The zero-order valence-corrected chi connectivity index (χ0v) is 18.8. The minimum absolute atomic E-state index is 0.0264. The fourth-order valence-corrected chi connectivity index (χ4v) is 4.17. The third-order valence-corrected chi connectivity index (χ3v) is 6.08. The summed E-state index contributed by atoms with van der Waals surface area (Å²) >= 11 is 0. The summed E-state index contributed by atoms with van der Waals surface area (Å²) in [7, 11) is 0. The van der Waals surface area contributed by atoms with E-state index in [1.807, 2.05) is 42.6 Å². The van der Waals surface area contributed by atoms with Gasteiger partial charge < -0.3 is 11.1 Å². The lowest BCUT2D eigenvalue weighted by atomic mass is 9.93. The molecule has 3 aromatic rings. The molecule has 0 spiro atoms. The number of aromatic nitrogens is 1. The fourth-order valence-electron chi connectivity index (χ4n) is 4.17. The lowest BCUT2D eigenvalue weighted by molar-refractivity contribution is 0.0930. The van der Waals surface area contributed by atoms with Gasteiger partial charge in [-0.15, -0.1) is 0 Å². The molecule has 1 fully saturated rings. The molecule has 164 valence electrons. The number of hydrogen-bond donors (Lipinski definition) is 2. The second-order valence-electron chi connectivity index (χ2n) is 8.30. The van der Waals surface area contributed by atoms with Gasteiger partial charge in [0.2, 0.25) is 0 Å².